The number of allylic oxidation sites excluding steroid dienone is 8. The molecule has 2 aliphatic rings. The Bertz CT molecular complexity index is 2020. The van der Waals surface area contributed by atoms with Crippen LogP contribution in [0.1, 0.15) is 60.2 Å². The second kappa shape index (κ2) is 20.9. The first-order chi connectivity index (χ1) is 28.7. The van der Waals surface area contributed by atoms with E-state index in [-0.39, 0.29) is 48.8 Å². The van der Waals surface area contributed by atoms with Crippen LogP contribution in [0.15, 0.2) is 134 Å². The van der Waals surface area contributed by atoms with Crippen LogP contribution in [0.2, 0.25) is 8.45 Å². The molecule has 308 valence electrons. The molecule has 0 unspecified atom stereocenters. The molecule has 0 bridgehead atoms. The third kappa shape index (κ3) is 9.47. The number of hydrogen-bond acceptors (Lipinski definition) is 4. The average molecular weight is 843 g/mol. The van der Waals surface area contributed by atoms with Gasteiger partial charge in [-0.1, -0.05) is 0 Å². The van der Waals surface area contributed by atoms with Gasteiger partial charge in [0.1, 0.15) is 0 Å². The number of hydrogen-bond donors (Lipinski definition) is 0. The minimum atomic E-state index is -5.36. The van der Waals surface area contributed by atoms with Gasteiger partial charge in [0.05, 0.1) is 0 Å². The number of carbonyl (C=O) groups excluding carboxylic acids is 2. The summed E-state index contributed by atoms with van der Waals surface area (Å²) >= 11 is -5.36. The number of carbonyl (C=O) groups is 2. The molecule has 0 aliphatic heterocycles. The third-order valence-corrected chi connectivity index (χ3v) is 19.3. The molecule has 0 aromatic heterocycles. The number of ether oxygens (including phenoxy) is 2. The van der Waals surface area contributed by atoms with Gasteiger partial charge in [0.15, 0.2) is 0 Å². The van der Waals surface area contributed by atoms with Crippen LogP contribution in [-0.4, -0.2) is 51.3 Å². The van der Waals surface area contributed by atoms with E-state index in [0.717, 1.165) is 37.8 Å². The van der Waals surface area contributed by atoms with Gasteiger partial charge in [-0.2, -0.15) is 0 Å². The van der Waals surface area contributed by atoms with E-state index in [1.165, 1.54) is 21.9 Å². The van der Waals surface area contributed by atoms with Crippen molar-refractivity contribution in [1.82, 2.24) is 0 Å². The van der Waals surface area contributed by atoms with Crippen molar-refractivity contribution in [3.63, 3.8) is 0 Å². The number of halogens is 4. The van der Waals surface area contributed by atoms with Crippen LogP contribution in [-0.2, 0) is 26.1 Å². The second-order valence-corrected chi connectivity index (χ2v) is 20.9. The average Bonchev–Trinajstić information content (AvgIpc) is 4.01. The molecule has 4 aromatic rings. The maximum atomic E-state index is 18.1. The van der Waals surface area contributed by atoms with Crippen LogP contribution in [0.4, 0.5) is 28.9 Å². The van der Waals surface area contributed by atoms with Crippen LogP contribution >= 0.6 is 0 Å². The van der Waals surface area contributed by atoms with E-state index < -0.39 is 67.9 Å². The van der Waals surface area contributed by atoms with Crippen molar-refractivity contribution in [2.45, 2.75) is 48.0 Å². The molecule has 0 saturated heterocycles. The van der Waals surface area contributed by atoms with E-state index in [4.69, 9.17) is 9.47 Å². The summed E-state index contributed by atoms with van der Waals surface area (Å²) in [6.07, 6.45) is 17.2. The van der Waals surface area contributed by atoms with E-state index in [9.17, 15) is 9.59 Å². The first-order valence-electron chi connectivity index (χ1n) is 20.3. The predicted octanol–water partition coefficient (Wildman–Crippen LogP) is 10.1. The van der Waals surface area contributed by atoms with Crippen molar-refractivity contribution >= 4 is 30.9 Å². The normalized spacial score (nSPS) is 13.8. The summed E-state index contributed by atoms with van der Waals surface area (Å²) in [6, 6.07) is 21.3. The Balaban J connectivity index is 1.59. The predicted molar refractivity (Wildman–Crippen MR) is 224 cm³/mol. The third-order valence-electron chi connectivity index (χ3n) is 10.8. The van der Waals surface area contributed by atoms with Crippen molar-refractivity contribution in [3.8, 4) is 0 Å². The Kier molecular flexibility index (Phi) is 15.5. The van der Waals surface area contributed by atoms with Gasteiger partial charge in [0.2, 0.25) is 0 Å². The maximum absolute atomic E-state index is 18.1. The van der Waals surface area contributed by atoms with E-state index >= 15 is 17.6 Å². The molecule has 0 atom stereocenters. The van der Waals surface area contributed by atoms with Crippen LogP contribution < -0.4 is 17.5 Å². The topological polar surface area (TPSA) is 59.1 Å². The monoisotopic (exact) mass is 842 g/mol. The summed E-state index contributed by atoms with van der Waals surface area (Å²) in [7, 11) is 0. The Hall–Kier alpha value is -4.87. The summed E-state index contributed by atoms with van der Waals surface area (Å²) in [6.45, 7) is 4.91. The fraction of sp³-hybridized carbons (Fsp3) is 0.292. The molecule has 6 nitrogen and oxygen atoms in total. The Morgan fingerprint density at radius 3 is 1.27 bits per heavy atom. The SMILES string of the molecule is CCCCOCCN(C(=O)c1ccccc1)c1ccc(F)[c]([Ti]([c]2c(F)ccc(N(CCOCCCC)C(=O)c3ccccc3)c2F)([CH]2C=CC=C2)[CH]2C=CC=C2)c1F. The molecule has 0 fully saturated rings. The van der Waals surface area contributed by atoms with E-state index in [1.54, 1.807) is 109 Å². The molecule has 0 radical (unpaired) electrons. The molecular formula is C48H50F4N2O4Ti. The van der Waals surface area contributed by atoms with Gasteiger partial charge >= 0.3 is 349 Å². The van der Waals surface area contributed by atoms with Crippen LogP contribution in [0.3, 0.4) is 0 Å². The van der Waals surface area contributed by atoms with Gasteiger partial charge < -0.3 is 0 Å². The van der Waals surface area contributed by atoms with E-state index in [1.807, 2.05) is 13.8 Å². The summed E-state index contributed by atoms with van der Waals surface area (Å²) in [4.78, 5) is 30.9. The van der Waals surface area contributed by atoms with E-state index in [2.05, 4.69) is 0 Å². The number of nitrogens with zero attached hydrogens (tertiary/aromatic N) is 2. The van der Waals surface area contributed by atoms with Crippen molar-refractivity contribution < 1.29 is 53.2 Å². The van der Waals surface area contributed by atoms with Crippen molar-refractivity contribution in [1.29, 1.82) is 0 Å². The molecule has 11 heteroatoms. The summed E-state index contributed by atoms with van der Waals surface area (Å²) < 4.78 is 79.4. The first kappa shape index (κ1) is 43.7. The Morgan fingerprint density at radius 2 is 0.915 bits per heavy atom. The molecule has 59 heavy (non-hydrogen) atoms. The Morgan fingerprint density at radius 1 is 0.542 bits per heavy atom. The number of unbranched alkanes of at least 4 members (excludes halogenated alkanes) is 2. The van der Waals surface area contributed by atoms with Crippen molar-refractivity contribution in [2.24, 2.45) is 0 Å². The molecule has 0 spiro atoms. The molecule has 4 aromatic carbocycles. The molecule has 2 amide bonds. The van der Waals surface area contributed by atoms with Gasteiger partial charge in [0, 0.05) is 0 Å². The molecule has 0 N–H and O–H groups in total. The molecule has 6 rings (SSSR count). The van der Waals surface area contributed by atoms with Crippen molar-refractivity contribution in [3.05, 3.63) is 168 Å². The summed E-state index contributed by atoms with van der Waals surface area (Å²) in [5, 5.41) is 0. The molecule has 0 saturated carbocycles. The molecular weight excluding hydrogens is 792 g/mol. The van der Waals surface area contributed by atoms with Gasteiger partial charge in [0.25, 0.3) is 0 Å². The van der Waals surface area contributed by atoms with Crippen molar-refractivity contribution in [2.75, 3.05) is 49.3 Å². The molecule has 2 aliphatic carbocycles. The zero-order valence-corrected chi connectivity index (χ0v) is 35.0. The van der Waals surface area contributed by atoms with Gasteiger partial charge in [-0.3, -0.25) is 0 Å². The minimum absolute atomic E-state index is 0.0677. The standard InChI is InChI=1S/2C19H20F2NO2.2C5H5.Ti/c2*1-2-3-12-24-13-11-22(18-10-9-16(20)14-17(18)21)19(23)15-7-5-4-6-8-15;2*1-2-4-5-3-1;/h2*4-10H,2-3,11-13H2,1H3;2*1-5H;. The van der Waals surface area contributed by atoms with Gasteiger partial charge in [-0.25, -0.2) is 0 Å². The Labute approximate surface area is 347 Å². The number of anilines is 2. The van der Waals surface area contributed by atoms with Gasteiger partial charge in [-0.15, -0.1) is 0 Å². The summed E-state index contributed by atoms with van der Waals surface area (Å²) in [5.74, 6) is -5.20. The number of rotatable bonds is 20. The number of amides is 2. The van der Waals surface area contributed by atoms with Gasteiger partial charge in [-0.05, 0) is 0 Å². The fourth-order valence-electron chi connectivity index (χ4n) is 7.89. The zero-order valence-electron chi connectivity index (χ0n) is 33.5. The molecule has 0 heterocycles. The quantitative estimate of drug-likeness (QED) is 0.0505. The fourth-order valence-corrected chi connectivity index (χ4v) is 16.7. The van der Waals surface area contributed by atoms with Crippen LogP contribution in [0, 0.1) is 23.3 Å². The summed E-state index contributed by atoms with van der Waals surface area (Å²) in [5.41, 5.74) is 0.0786. The second-order valence-electron chi connectivity index (χ2n) is 14.5. The number of benzene rings is 4. The zero-order chi connectivity index (χ0) is 41.8. The van der Waals surface area contributed by atoms with Crippen LogP contribution in [0.25, 0.3) is 0 Å². The van der Waals surface area contributed by atoms with E-state index in [0.29, 0.717) is 13.2 Å². The first-order valence-corrected chi connectivity index (χ1v) is 23.7. The van der Waals surface area contributed by atoms with Crippen LogP contribution in [0.5, 0.6) is 0 Å².